The van der Waals surface area contributed by atoms with Crippen LogP contribution >= 0.6 is 11.6 Å². The number of aryl methyl sites for hydroxylation is 2. The standard InChI is InChI=1S/C12H14ClN3O2S/c1-9-12(8-16(2)15-9)19(17,18)14-7-10-4-3-5-11(13)6-10/h3-6,8,14H,7H2,1-2H3. The molecule has 102 valence electrons. The van der Waals surface area contributed by atoms with Gasteiger partial charge in [-0.25, -0.2) is 13.1 Å². The number of nitrogens with zero attached hydrogens (tertiary/aromatic N) is 2. The Kier molecular flexibility index (Phi) is 3.93. The van der Waals surface area contributed by atoms with Crippen molar-refractivity contribution in [2.75, 3.05) is 0 Å². The summed E-state index contributed by atoms with van der Waals surface area (Å²) in [6, 6.07) is 7.05. The molecule has 2 aromatic rings. The zero-order valence-corrected chi connectivity index (χ0v) is 12.2. The fraction of sp³-hybridized carbons (Fsp3) is 0.250. The maximum atomic E-state index is 12.1. The summed E-state index contributed by atoms with van der Waals surface area (Å²) in [5, 5.41) is 4.60. The van der Waals surface area contributed by atoms with Gasteiger partial charge < -0.3 is 0 Å². The van der Waals surface area contributed by atoms with Gasteiger partial charge in [-0.2, -0.15) is 5.10 Å². The fourth-order valence-electron chi connectivity index (χ4n) is 1.74. The third kappa shape index (κ3) is 3.34. The molecule has 0 atom stereocenters. The number of halogens is 1. The van der Waals surface area contributed by atoms with Crippen molar-refractivity contribution in [1.82, 2.24) is 14.5 Å². The predicted octanol–water partition coefficient (Wildman–Crippen LogP) is 1.86. The van der Waals surface area contributed by atoms with Crippen LogP contribution in [0, 0.1) is 6.92 Å². The van der Waals surface area contributed by atoms with Crippen molar-refractivity contribution >= 4 is 21.6 Å². The normalized spacial score (nSPS) is 11.7. The fourth-order valence-corrected chi connectivity index (χ4v) is 3.19. The summed E-state index contributed by atoms with van der Waals surface area (Å²) in [6.07, 6.45) is 1.48. The lowest BCUT2D eigenvalue weighted by Crippen LogP contribution is -2.23. The molecule has 0 amide bonds. The molecule has 1 heterocycles. The quantitative estimate of drug-likeness (QED) is 0.937. The minimum absolute atomic E-state index is 0.192. The van der Waals surface area contributed by atoms with Gasteiger partial charge in [0.15, 0.2) is 0 Å². The highest BCUT2D eigenvalue weighted by molar-refractivity contribution is 7.89. The molecule has 1 N–H and O–H groups in total. The van der Waals surface area contributed by atoms with Crippen LogP contribution in [-0.4, -0.2) is 18.2 Å². The van der Waals surface area contributed by atoms with Crippen LogP contribution in [0.3, 0.4) is 0 Å². The lowest BCUT2D eigenvalue weighted by Gasteiger charge is -2.06. The van der Waals surface area contributed by atoms with E-state index in [9.17, 15) is 8.42 Å². The lowest BCUT2D eigenvalue weighted by molar-refractivity contribution is 0.580. The maximum Gasteiger partial charge on any atom is 0.244 e. The molecule has 19 heavy (non-hydrogen) atoms. The minimum atomic E-state index is -3.56. The second-order valence-electron chi connectivity index (χ2n) is 4.21. The van der Waals surface area contributed by atoms with Gasteiger partial charge in [-0.1, -0.05) is 23.7 Å². The number of hydrogen-bond acceptors (Lipinski definition) is 3. The molecule has 0 aliphatic rings. The largest absolute Gasteiger partial charge is 0.274 e. The number of nitrogens with one attached hydrogen (secondary N) is 1. The minimum Gasteiger partial charge on any atom is -0.274 e. The van der Waals surface area contributed by atoms with Gasteiger partial charge in [-0.05, 0) is 24.6 Å². The number of rotatable bonds is 4. The summed E-state index contributed by atoms with van der Waals surface area (Å²) >= 11 is 5.85. The van der Waals surface area contributed by atoms with Gasteiger partial charge in [0, 0.05) is 24.8 Å². The van der Waals surface area contributed by atoms with Crippen LogP contribution in [0.4, 0.5) is 0 Å². The first-order valence-corrected chi connectivity index (χ1v) is 7.49. The van der Waals surface area contributed by atoms with Crippen molar-refractivity contribution < 1.29 is 8.42 Å². The van der Waals surface area contributed by atoms with Crippen LogP contribution in [0.5, 0.6) is 0 Å². The Bertz CT molecular complexity index is 695. The van der Waals surface area contributed by atoms with Crippen LogP contribution in [0.25, 0.3) is 0 Å². The van der Waals surface area contributed by atoms with E-state index in [2.05, 4.69) is 9.82 Å². The second kappa shape index (κ2) is 5.32. The first-order chi connectivity index (χ1) is 8.88. The third-order valence-corrected chi connectivity index (χ3v) is 4.35. The molecular weight excluding hydrogens is 286 g/mol. The molecule has 0 spiro atoms. The van der Waals surface area contributed by atoms with Gasteiger partial charge >= 0.3 is 0 Å². The molecule has 1 aromatic heterocycles. The Morgan fingerprint density at radius 3 is 2.74 bits per heavy atom. The van der Waals surface area contributed by atoms with E-state index in [-0.39, 0.29) is 11.4 Å². The van der Waals surface area contributed by atoms with Crippen molar-refractivity contribution in [1.29, 1.82) is 0 Å². The van der Waals surface area contributed by atoms with E-state index in [1.165, 1.54) is 10.9 Å². The maximum absolute atomic E-state index is 12.1. The summed E-state index contributed by atoms with van der Waals surface area (Å²) in [6.45, 7) is 1.85. The molecule has 0 aliphatic heterocycles. The average Bonchev–Trinajstić information content (AvgIpc) is 2.67. The van der Waals surface area contributed by atoms with Gasteiger partial charge in [0.2, 0.25) is 10.0 Å². The Labute approximate surface area is 117 Å². The molecule has 1 aromatic carbocycles. The molecule has 0 fully saturated rings. The van der Waals surface area contributed by atoms with E-state index < -0.39 is 10.0 Å². The molecular formula is C12H14ClN3O2S. The predicted molar refractivity (Wildman–Crippen MR) is 73.4 cm³/mol. The number of sulfonamides is 1. The molecule has 0 saturated heterocycles. The van der Waals surface area contributed by atoms with E-state index >= 15 is 0 Å². The van der Waals surface area contributed by atoms with E-state index in [1.807, 2.05) is 6.07 Å². The lowest BCUT2D eigenvalue weighted by atomic mass is 10.2. The van der Waals surface area contributed by atoms with Crippen molar-refractivity contribution in [2.45, 2.75) is 18.4 Å². The van der Waals surface area contributed by atoms with Crippen LogP contribution < -0.4 is 4.72 Å². The number of benzene rings is 1. The van der Waals surface area contributed by atoms with Gasteiger partial charge in [0.1, 0.15) is 4.90 Å². The van der Waals surface area contributed by atoms with Crippen molar-refractivity contribution in [3.05, 3.63) is 46.7 Å². The molecule has 0 radical (unpaired) electrons. The molecule has 2 rings (SSSR count). The van der Waals surface area contributed by atoms with Gasteiger partial charge in [-0.15, -0.1) is 0 Å². The van der Waals surface area contributed by atoms with E-state index in [4.69, 9.17) is 11.6 Å². The summed E-state index contributed by atoms with van der Waals surface area (Å²) < 4.78 is 28.3. The monoisotopic (exact) mass is 299 g/mol. The Morgan fingerprint density at radius 2 is 2.16 bits per heavy atom. The van der Waals surface area contributed by atoms with Gasteiger partial charge in [0.05, 0.1) is 5.69 Å². The molecule has 0 bridgehead atoms. The molecule has 0 aliphatic carbocycles. The van der Waals surface area contributed by atoms with Crippen molar-refractivity contribution in [2.24, 2.45) is 7.05 Å². The zero-order valence-electron chi connectivity index (χ0n) is 10.6. The van der Waals surface area contributed by atoms with E-state index in [1.54, 1.807) is 32.2 Å². The van der Waals surface area contributed by atoms with Crippen LogP contribution in [-0.2, 0) is 23.6 Å². The van der Waals surface area contributed by atoms with Crippen LogP contribution in [0.1, 0.15) is 11.3 Å². The third-order valence-electron chi connectivity index (χ3n) is 2.61. The van der Waals surface area contributed by atoms with Crippen molar-refractivity contribution in [3.63, 3.8) is 0 Å². The van der Waals surface area contributed by atoms with Gasteiger partial charge in [0.25, 0.3) is 0 Å². The molecule has 5 nitrogen and oxygen atoms in total. The molecule has 0 saturated carbocycles. The SMILES string of the molecule is Cc1nn(C)cc1S(=O)(=O)NCc1cccc(Cl)c1. The Hall–Kier alpha value is -1.37. The molecule has 7 heteroatoms. The second-order valence-corrected chi connectivity index (χ2v) is 6.38. The highest BCUT2D eigenvalue weighted by Gasteiger charge is 2.19. The first-order valence-electron chi connectivity index (χ1n) is 5.63. The summed E-state index contributed by atoms with van der Waals surface area (Å²) in [7, 11) is -1.87. The van der Waals surface area contributed by atoms with Crippen LogP contribution in [0.15, 0.2) is 35.4 Å². The Balaban J connectivity index is 2.16. The van der Waals surface area contributed by atoms with E-state index in [0.29, 0.717) is 10.7 Å². The van der Waals surface area contributed by atoms with Gasteiger partial charge in [-0.3, -0.25) is 4.68 Å². The summed E-state index contributed by atoms with van der Waals surface area (Å²) in [5.74, 6) is 0. The molecule has 0 unspecified atom stereocenters. The van der Waals surface area contributed by atoms with Crippen molar-refractivity contribution in [3.8, 4) is 0 Å². The highest BCUT2D eigenvalue weighted by Crippen LogP contribution is 2.14. The smallest absolute Gasteiger partial charge is 0.244 e. The number of aromatic nitrogens is 2. The average molecular weight is 300 g/mol. The number of hydrogen-bond donors (Lipinski definition) is 1. The Morgan fingerprint density at radius 1 is 1.42 bits per heavy atom. The first kappa shape index (κ1) is 14.0. The van der Waals surface area contributed by atoms with E-state index in [0.717, 1.165) is 5.56 Å². The summed E-state index contributed by atoms with van der Waals surface area (Å²) in [4.78, 5) is 0.192. The zero-order chi connectivity index (χ0) is 14.0. The van der Waals surface area contributed by atoms with Crippen LogP contribution in [0.2, 0.25) is 5.02 Å². The topological polar surface area (TPSA) is 64.0 Å². The summed E-state index contributed by atoms with van der Waals surface area (Å²) in [5.41, 5.74) is 1.28. The highest BCUT2D eigenvalue weighted by atomic mass is 35.5.